The van der Waals surface area contributed by atoms with Gasteiger partial charge in [0, 0.05) is 12.1 Å². The number of nitrogens with one attached hydrogen (secondary N) is 2. The predicted octanol–water partition coefficient (Wildman–Crippen LogP) is 2.23. The van der Waals surface area contributed by atoms with Crippen LogP contribution in [0.3, 0.4) is 0 Å². The van der Waals surface area contributed by atoms with Crippen molar-refractivity contribution in [2.24, 2.45) is 0 Å². The third kappa shape index (κ3) is 2.38. The van der Waals surface area contributed by atoms with E-state index in [1.807, 2.05) is 6.92 Å². The molecule has 0 aliphatic carbocycles. The van der Waals surface area contributed by atoms with Gasteiger partial charge >= 0.3 is 0 Å². The van der Waals surface area contributed by atoms with E-state index in [1.165, 1.54) is 18.4 Å². The molecule has 2 atom stereocenters. The fourth-order valence-electron chi connectivity index (χ4n) is 3.21. The van der Waals surface area contributed by atoms with Gasteiger partial charge in [0.05, 0.1) is 11.0 Å². The summed E-state index contributed by atoms with van der Waals surface area (Å²) in [6.07, 6.45) is 2.53. The molecule has 102 valence electrons. The second-order valence-corrected chi connectivity index (χ2v) is 5.71. The molecule has 1 aromatic heterocycles. The molecule has 2 heterocycles. The van der Waals surface area contributed by atoms with Gasteiger partial charge < -0.3 is 15.2 Å². The number of aryl methyl sites for hydroxylation is 1. The lowest BCUT2D eigenvalue weighted by atomic mass is 9.96. The third-order valence-corrected chi connectivity index (χ3v) is 4.00. The van der Waals surface area contributed by atoms with Crippen molar-refractivity contribution in [1.29, 1.82) is 0 Å². The lowest BCUT2D eigenvalue weighted by Crippen LogP contribution is -2.37. The van der Waals surface area contributed by atoms with Crippen molar-refractivity contribution in [2.45, 2.75) is 31.8 Å². The number of likely N-dealkylation sites (N-methyl/N-ethyl adjacent to an activating group) is 1. The van der Waals surface area contributed by atoms with E-state index in [0.717, 1.165) is 23.4 Å². The molecule has 1 aliphatic heterocycles. The Labute approximate surface area is 114 Å². The summed E-state index contributed by atoms with van der Waals surface area (Å²) in [5.41, 5.74) is 3.55. The summed E-state index contributed by atoms with van der Waals surface area (Å²) in [4.78, 5) is 10.1. The highest BCUT2D eigenvalue weighted by Crippen LogP contribution is 2.29. The van der Waals surface area contributed by atoms with Gasteiger partial charge in [-0.2, -0.15) is 0 Å². The molecular weight excluding hydrogens is 236 g/mol. The van der Waals surface area contributed by atoms with E-state index in [0.29, 0.717) is 12.1 Å². The van der Waals surface area contributed by atoms with Crippen molar-refractivity contribution < 1.29 is 0 Å². The van der Waals surface area contributed by atoms with Crippen LogP contribution in [0.1, 0.15) is 30.3 Å². The zero-order valence-electron chi connectivity index (χ0n) is 11.9. The molecule has 0 radical (unpaired) electrons. The van der Waals surface area contributed by atoms with E-state index in [1.54, 1.807) is 0 Å². The van der Waals surface area contributed by atoms with Crippen LogP contribution in [0.25, 0.3) is 11.0 Å². The molecule has 0 bridgehead atoms. The minimum absolute atomic E-state index is 0.426. The Morgan fingerprint density at radius 3 is 2.89 bits per heavy atom. The number of imidazole rings is 1. The van der Waals surface area contributed by atoms with E-state index in [-0.39, 0.29) is 0 Å². The van der Waals surface area contributed by atoms with Gasteiger partial charge in [0.25, 0.3) is 0 Å². The van der Waals surface area contributed by atoms with Crippen LogP contribution < -0.4 is 5.32 Å². The first-order chi connectivity index (χ1) is 9.15. The zero-order chi connectivity index (χ0) is 13.4. The highest BCUT2D eigenvalue weighted by atomic mass is 15.1. The topological polar surface area (TPSA) is 44.0 Å². The Kier molecular flexibility index (Phi) is 3.29. The van der Waals surface area contributed by atoms with Crippen molar-refractivity contribution in [3.63, 3.8) is 0 Å². The van der Waals surface area contributed by atoms with Gasteiger partial charge in [0.2, 0.25) is 0 Å². The highest BCUT2D eigenvalue weighted by molar-refractivity contribution is 5.76. The van der Waals surface area contributed by atoms with Crippen LogP contribution in [-0.2, 0) is 0 Å². The molecule has 1 aliphatic rings. The van der Waals surface area contributed by atoms with E-state index in [4.69, 9.17) is 0 Å². The third-order valence-electron chi connectivity index (χ3n) is 4.00. The molecule has 0 spiro atoms. The average molecular weight is 258 g/mol. The predicted molar refractivity (Wildman–Crippen MR) is 78.3 cm³/mol. The van der Waals surface area contributed by atoms with Gasteiger partial charge in [-0.25, -0.2) is 4.98 Å². The minimum atomic E-state index is 0.426. The molecule has 4 heteroatoms. The summed E-state index contributed by atoms with van der Waals surface area (Å²) in [6, 6.07) is 7.57. The quantitative estimate of drug-likeness (QED) is 0.887. The SMILES string of the molecule is Cc1nc2ccc(C(C3CCCN3)N(C)C)cc2[nH]1. The summed E-state index contributed by atoms with van der Waals surface area (Å²) >= 11 is 0. The van der Waals surface area contributed by atoms with Gasteiger partial charge in [0.1, 0.15) is 5.82 Å². The fourth-order valence-corrected chi connectivity index (χ4v) is 3.21. The Bertz CT molecular complexity index is 567. The van der Waals surface area contributed by atoms with Crippen molar-refractivity contribution in [1.82, 2.24) is 20.2 Å². The summed E-state index contributed by atoms with van der Waals surface area (Å²) in [5, 5.41) is 3.62. The van der Waals surface area contributed by atoms with Crippen molar-refractivity contribution in [3.8, 4) is 0 Å². The Balaban J connectivity index is 1.99. The van der Waals surface area contributed by atoms with Gasteiger partial charge in [-0.05, 0) is 58.1 Å². The van der Waals surface area contributed by atoms with E-state index < -0.39 is 0 Å². The molecule has 1 saturated heterocycles. The molecule has 1 aromatic carbocycles. The Morgan fingerprint density at radius 1 is 1.37 bits per heavy atom. The van der Waals surface area contributed by atoms with Crippen LogP contribution in [0.5, 0.6) is 0 Å². The number of aromatic nitrogens is 2. The standard InChI is InChI=1S/C15H22N4/c1-10-17-12-7-6-11(9-14(12)18-10)15(19(2)3)13-5-4-8-16-13/h6-7,9,13,15-16H,4-5,8H2,1-3H3,(H,17,18). The summed E-state index contributed by atoms with van der Waals surface area (Å²) in [6.45, 7) is 3.14. The number of fused-ring (bicyclic) bond motifs is 1. The fraction of sp³-hybridized carbons (Fsp3) is 0.533. The van der Waals surface area contributed by atoms with Crippen LogP contribution in [-0.4, -0.2) is 41.5 Å². The van der Waals surface area contributed by atoms with Crippen molar-refractivity contribution in [3.05, 3.63) is 29.6 Å². The second-order valence-electron chi connectivity index (χ2n) is 5.71. The molecule has 0 saturated carbocycles. The molecule has 3 rings (SSSR count). The Hall–Kier alpha value is -1.39. The largest absolute Gasteiger partial charge is 0.342 e. The van der Waals surface area contributed by atoms with Gasteiger partial charge in [-0.3, -0.25) is 0 Å². The normalized spacial score (nSPS) is 21.4. The maximum atomic E-state index is 4.47. The molecule has 2 aromatic rings. The van der Waals surface area contributed by atoms with E-state index >= 15 is 0 Å². The maximum absolute atomic E-state index is 4.47. The molecule has 2 unspecified atom stereocenters. The highest BCUT2D eigenvalue weighted by Gasteiger charge is 2.27. The summed E-state index contributed by atoms with van der Waals surface area (Å²) < 4.78 is 0. The van der Waals surface area contributed by atoms with Crippen LogP contribution in [0.4, 0.5) is 0 Å². The number of rotatable bonds is 3. The first-order valence-electron chi connectivity index (χ1n) is 7.01. The first-order valence-corrected chi connectivity index (χ1v) is 7.01. The van der Waals surface area contributed by atoms with E-state index in [2.05, 4.69) is 52.5 Å². The van der Waals surface area contributed by atoms with Crippen LogP contribution in [0.2, 0.25) is 0 Å². The smallest absolute Gasteiger partial charge is 0.104 e. The summed E-state index contributed by atoms with van der Waals surface area (Å²) in [5.74, 6) is 0.979. The average Bonchev–Trinajstić information content (AvgIpc) is 2.96. The molecule has 0 amide bonds. The van der Waals surface area contributed by atoms with E-state index in [9.17, 15) is 0 Å². The number of hydrogen-bond acceptors (Lipinski definition) is 3. The molecular formula is C15H22N4. The minimum Gasteiger partial charge on any atom is -0.342 e. The lowest BCUT2D eigenvalue weighted by Gasteiger charge is -2.30. The summed E-state index contributed by atoms with van der Waals surface area (Å²) in [7, 11) is 4.32. The number of aromatic amines is 1. The van der Waals surface area contributed by atoms with Crippen LogP contribution >= 0.6 is 0 Å². The Morgan fingerprint density at radius 2 is 2.21 bits per heavy atom. The number of hydrogen-bond donors (Lipinski definition) is 2. The van der Waals surface area contributed by atoms with Crippen LogP contribution in [0, 0.1) is 6.92 Å². The van der Waals surface area contributed by atoms with Gasteiger partial charge in [-0.15, -0.1) is 0 Å². The van der Waals surface area contributed by atoms with Gasteiger partial charge in [0.15, 0.2) is 0 Å². The molecule has 1 fully saturated rings. The number of H-pyrrole nitrogens is 1. The molecule has 19 heavy (non-hydrogen) atoms. The molecule has 4 nitrogen and oxygen atoms in total. The number of benzene rings is 1. The number of nitrogens with zero attached hydrogens (tertiary/aromatic N) is 2. The van der Waals surface area contributed by atoms with Crippen LogP contribution in [0.15, 0.2) is 18.2 Å². The monoisotopic (exact) mass is 258 g/mol. The molecule has 2 N–H and O–H groups in total. The zero-order valence-corrected chi connectivity index (χ0v) is 11.9. The van der Waals surface area contributed by atoms with Gasteiger partial charge in [-0.1, -0.05) is 6.07 Å². The van der Waals surface area contributed by atoms with Crippen molar-refractivity contribution >= 4 is 11.0 Å². The van der Waals surface area contributed by atoms with Crippen molar-refractivity contribution in [2.75, 3.05) is 20.6 Å². The lowest BCUT2D eigenvalue weighted by molar-refractivity contribution is 0.244. The maximum Gasteiger partial charge on any atom is 0.104 e. The first kappa shape index (κ1) is 12.6. The second kappa shape index (κ2) is 4.94.